The molecule has 0 spiro atoms. The molecule has 0 aliphatic carbocycles. The molecule has 0 aliphatic heterocycles. The molecule has 0 atom stereocenters. The SMILES string of the molecule is [C-]#[N+]CCOCCN=[N+]=[N-]. The van der Waals surface area contributed by atoms with Gasteiger partial charge < -0.3 is 9.58 Å². The fourth-order valence-electron chi connectivity index (χ4n) is 0.362. The fraction of sp³-hybridized carbons (Fsp3) is 0.800. The maximum atomic E-state index is 7.82. The second kappa shape index (κ2) is 7.76. The molecular weight excluding hydrogens is 132 g/mol. The van der Waals surface area contributed by atoms with E-state index in [9.17, 15) is 0 Å². The highest BCUT2D eigenvalue weighted by Gasteiger charge is 1.86. The van der Waals surface area contributed by atoms with Gasteiger partial charge in [-0.1, -0.05) is 5.11 Å². The van der Waals surface area contributed by atoms with Gasteiger partial charge in [-0.25, -0.2) is 6.57 Å². The van der Waals surface area contributed by atoms with Gasteiger partial charge in [-0.05, 0) is 5.53 Å². The highest BCUT2D eigenvalue weighted by molar-refractivity contribution is 4.55. The first-order valence-corrected chi connectivity index (χ1v) is 2.83. The number of rotatable bonds is 5. The Kier molecular flexibility index (Phi) is 6.80. The average molecular weight is 140 g/mol. The van der Waals surface area contributed by atoms with Crippen molar-refractivity contribution in [2.75, 3.05) is 26.3 Å². The van der Waals surface area contributed by atoms with Gasteiger partial charge in [-0.15, -0.1) is 0 Å². The monoisotopic (exact) mass is 140 g/mol. The van der Waals surface area contributed by atoms with Gasteiger partial charge in [0.25, 0.3) is 0 Å². The van der Waals surface area contributed by atoms with Crippen molar-refractivity contribution < 1.29 is 4.74 Å². The lowest BCUT2D eigenvalue weighted by atomic mass is 10.7. The molecule has 0 saturated heterocycles. The second-order valence-electron chi connectivity index (χ2n) is 1.45. The smallest absolute Gasteiger partial charge is 0.237 e. The van der Waals surface area contributed by atoms with Crippen molar-refractivity contribution in [1.29, 1.82) is 0 Å². The summed E-state index contributed by atoms with van der Waals surface area (Å²) < 4.78 is 4.90. The summed E-state index contributed by atoms with van der Waals surface area (Å²) in [4.78, 5) is 5.61. The van der Waals surface area contributed by atoms with Crippen molar-refractivity contribution in [3.63, 3.8) is 0 Å². The normalized spacial score (nSPS) is 7.90. The molecule has 0 N–H and O–H groups in total. The van der Waals surface area contributed by atoms with Crippen LogP contribution in [-0.4, -0.2) is 26.3 Å². The lowest BCUT2D eigenvalue weighted by molar-refractivity contribution is 0.153. The number of hydrogen-bond acceptors (Lipinski definition) is 2. The van der Waals surface area contributed by atoms with Gasteiger partial charge in [0.15, 0.2) is 0 Å². The van der Waals surface area contributed by atoms with Crippen molar-refractivity contribution >= 4 is 0 Å². The molecule has 0 unspecified atom stereocenters. The van der Waals surface area contributed by atoms with Crippen molar-refractivity contribution in [3.05, 3.63) is 21.9 Å². The van der Waals surface area contributed by atoms with Crippen molar-refractivity contribution in [2.24, 2.45) is 5.11 Å². The van der Waals surface area contributed by atoms with Crippen LogP contribution in [0.15, 0.2) is 5.11 Å². The highest BCUT2D eigenvalue weighted by Crippen LogP contribution is 1.77. The predicted octanol–water partition coefficient (Wildman–Crippen LogP) is 1.23. The molecule has 10 heavy (non-hydrogen) atoms. The minimum atomic E-state index is 0.342. The first kappa shape index (κ1) is 8.76. The Labute approximate surface area is 59.0 Å². The van der Waals surface area contributed by atoms with Crippen LogP contribution in [0.5, 0.6) is 0 Å². The second-order valence-corrected chi connectivity index (χ2v) is 1.45. The van der Waals surface area contributed by atoms with Crippen LogP contribution in [0, 0.1) is 6.57 Å². The van der Waals surface area contributed by atoms with Crippen LogP contribution in [0.1, 0.15) is 0 Å². The Morgan fingerprint density at radius 1 is 1.50 bits per heavy atom. The molecule has 0 aromatic rings. The van der Waals surface area contributed by atoms with Gasteiger partial charge >= 0.3 is 0 Å². The number of nitrogens with zero attached hydrogens (tertiary/aromatic N) is 4. The van der Waals surface area contributed by atoms with Crippen LogP contribution in [0.2, 0.25) is 0 Å². The van der Waals surface area contributed by atoms with E-state index in [2.05, 4.69) is 14.9 Å². The highest BCUT2D eigenvalue weighted by atomic mass is 16.5. The zero-order valence-corrected chi connectivity index (χ0v) is 5.53. The third kappa shape index (κ3) is 6.76. The first-order chi connectivity index (χ1) is 4.91. The molecular formula is C5H8N4O. The topological polar surface area (TPSA) is 62.3 Å². The summed E-state index contributed by atoms with van der Waals surface area (Å²) in [6.07, 6.45) is 0. The lowest BCUT2D eigenvalue weighted by Crippen LogP contribution is -2.00. The number of ether oxygens (including phenoxy) is 1. The Morgan fingerprint density at radius 2 is 2.30 bits per heavy atom. The molecule has 0 heterocycles. The third-order valence-electron chi connectivity index (χ3n) is 0.746. The molecule has 0 rings (SSSR count). The van der Waals surface area contributed by atoms with E-state index < -0.39 is 0 Å². The molecule has 0 radical (unpaired) electrons. The minimum Gasteiger partial charge on any atom is -0.374 e. The van der Waals surface area contributed by atoms with Gasteiger partial charge in [0.1, 0.15) is 6.61 Å². The van der Waals surface area contributed by atoms with E-state index in [4.69, 9.17) is 16.8 Å². The Balaban J connectivity index is 2.92. The molecule has 0 aromatic heterocycles. The van der Waals surface area contributed by atoms with E-state index >= 15 is 0 Å². The Bertz CT molecular complexity index is 156. The van der Waals surface area contributed by atoms with Gasteiger partial charge in [0.05, 0.1) is 6.61 Å². The van der Waals surface area contributed by atoms with Crippen LogP contribution in [-0.2, 0) is 4.74 Å². The largest absolute Gasteiger partial charge is 0.374 e. The van der Waals surface area contributed by atoms with Crippen molar-refractivity contribution in [2.45, 2.75) is 0 Å². The average Bonchev–Trinajstić information content (AvgIpc) is 1.97. The first-order valence-electron chi connectivity index (χ1n) is 2.83. The van der Waals surface area contributed by atoms with Gasteiger partial charge in [0.2, 0.25) is 6.54 Å². The quantitative estimate of drug-likeness (QED) is 0.186. The maximum absolute atomic E-state index is 7.82. The zero-order valence-electron chi connectivity index (χ0n) is 5.53. The maximum Gasteiger partial charge on any atom is 0.237 e. The molecule has 0 saturated carbocycles. The standard InChI is InChI=1S/C5H8N4O/c1-7-2-4-10-5-3-8-9-6/h2-5H2. The third-order valence-corrected chi connectivity index (χ3v) is 0.746. The summed E-state index contributed by atoms with van der Waals surface area (Å²) >= 11 is 0. The Morgan fingerprint density at radius 3 is 2.90 bits per heavy atom. The van der Waals surface area contributed by atoms with Crippen LogP contribution < -0.4 is 0 Å². The minimum absolute atomic E-state index is 0.342. The van der Waals surface area contributed by atoms with Crippen molar-refractivity contribution in [3.8, 4) is 0 Å². The van der Waals surface area contributed by atoms with E-state index in [1.165, 1.54) is 0 Å². The molecule has 0 fully saturated rings. The molecule has 5 nitrogen and oxygen atoms in total. The summed E-state index contributed by atoms with van der Waals surface area (Å²) in [7, 11) is 0. The van der Waals surface area contributed by atoms with Crippen LogP contribution in [0.3, 0.4) is 0 Å². The predicted molar refractivity (Wildman–Crippen MR) is 36.3 cm³/mol. The molecule has 0 aliphatic rings. The van der Waals surface area contributed by atoms with Crippen LogP contribution >= 0.6 is 0 Å². The van der Waals surface area contributed by atoms with E-state index in [1.54, 1.807) is 0 Å². The summed E-state index contributed by atoms with van der Waals surface area (Å²) in [5.74, 6) is 0. The summed E-state index contributed by atoms with van der Waals surface area (Å²) in [6.45, 7) is 7.92. The van der Waals surface area contributed by atoms with Crippen molar-refractivity contribution in [1.82, 2.24) is 0 Å². The number of hydrogen-bond donors (Lipinski definition) is 0. The van der Waals surface area contributed by atoms with Gasteiger partial charge in [-0.3, -0.25) is 0 Å². The van der Waals surface area contributed by atoms with E-state index in [0.717, 1.165) is 0 Å². The fourth-order valence-corrected chi connectivity index (χ4v) is 0.362. The van der Waals surface area contributed by atoms with Crippen LogP contribution in [0.4, 0.5) is 0 Å². The molecule has 0 aromatic carbocycles. The molecule has 5 heteroatoms. The van der Waals surface area contributed by atoms with E-state index in [0.29, 0.717) is 26.3 Å². The van der Waals surface area contributed by atoms with E-state index in [1.807, 2.05) is 0 Å². The van der Waals surface area contributed by atoms with Gasteiger partial charge in [0, 0.05) is 11.5 Å². The van der Waals surface area contributed by atoms with Crippen LogP contribution in [0.25, 0.3) is 15.3 Å². The zero-order chi connectivity index (χ0) is 7.66. The molecule has 54 valence electrons. The summed E-state index contributed by atoms with van der Waals surface area (Å²) in [5, 5.41) is 3.25. The lowest BCUT2D eigenvalue weighted by Gasteiger charge is -1.93. The van der Waals surface area contributed by atoms with E-state index in [-0.39, 0.29) is 0 Å². The molecule has 0 bridgehead atoms. The summed E-state index contributed by atoms with van der Waals surface area (Å²) in [5.41, 5.74) is 7.82. The summed E-state index contributed by atoms with van der Waals surface area (Å²) in [6, 6.07) is 0. The van der Waals surface area contributed by atoms with Gasteiger partial charge in [-0.2, -0.15) is 0 Å². The number of azide groups is 1. The Hall–Kier alpha value is -1.24. The molecule has 0 amide bonds.